The molecule has 0 fully saturated rings. The van der Waals surface area contributed by atoms with E-state index in [1.54, 1.807) is 5.71 Å². The van der Waals surface area contributed by atoms with Gasteiger partial charge in [0.15, 0.2) is 0 Å². The molecule has 0 N–H and O–H groups in total. The molecule has 0 atom stereocenters. The van der Waals surface area contributed by atoms with E-state index < -0.39 is 0 Å². The second-order valence-electron chi connectivity index (χ2n) is 12.5. The predicted molar refractivity (Wildman–Crippen MR) is 177 cm³/mol. The van der Waals surface area contributed by atoms with Gasteiger partial charge in [-0.25, -0.2) is 0 Å². The Morgan fingerprint density at radius 1 is 0.289 bits per heavy atom. The van der Waals surface area contributed by atoms with E-state index in [-0.39, 0.29) is 0 Å². The zero-order chi connectivity index (χ0) is 27.6. The van der Waals surface area contributed by atoms with Gasteiger partial charge in [-0.3, -0.25) is 4.99 Å². The maximum atomic E-state index is 5.14. The van der Waals surface area contributed by atoms with E-state index in [2.05, 4.69) is 20.8 Å². The first-order valence-corrected chi connectivity index (χ1v) is 18.4. The maximum absolute atomic E-state index is 5.14. The summed E-state index contributed by atoms with van der Waals surface area (Å²) < 4.78 is 0. The molecular formula is C37H75N. The van der Waals surface area contributed by atoms with Gasteiger partial charge in [-0.15, -0.1) is 0 Å². The Bertz CT molecular complexity index is 440. The summed E-state index contributed by atoms with van der Waals surface area (Å²) in [6.45, 7) is 8.03. The van der Waals surface area contributed by atoms with Crippen molar-refractivity contribution in [3.8, 4) is 0 Å². The average molecular weight is 534 g/mol. The van der Waals surface area contributed by atoms with Crippen molar-refractivity contribution in [2.45, 2.75) is 226 Å². The first kappa shape index (κ1) is 37.7. The van der Waals surface area contributed by atoms with Crippen molar-refractivity contribution in [2.24, 2.45) is 4.99 Å². The number of aliphatic imine (C=N–C) groups is 1. The highest BCUT2D eigenvalue weighted by Gasteiger charge is 2.02. The van der Waals surface area contributed by atoms with Crippen LogP contribution in [0.3, 0.4) is 0 Å². The molecule has 1 heteroatoms. The summed E-state index contributed by atoms with van der Waals surface area (Å²) in [4.78, 5) is 5.14. The number of hydrogen-bond donors (Lipinski definition) is 0. The molecule has 0 amide bonds. The van der Waals surface area contributed by atoms with E-state index in [0.717, 1.165) is 6.54 Å². The summed E-state index contributed by atoms with van der Waals surface area (Å²) in [5.41, 5.74) is 1.56. The third-order valence-corrected chi connectivity index (χ3v) is 8.48. The maximum Gasteiger partial charge on any atom is 0.0388 e. The fourth-order valence-electron chi connectivity index (χ4n) is 5.75. The van der Waals surface area contributed by atoms with Gasteiger partial charge in [0.25, 0.3) is 0 Å². The topological polar surface area (TPSA) is 12.4 Å². The summed E-state index contributed by atoms with van der Waals surface area (Å²) in [6.07, 6.45) is 45.4. The molecule has 0 aromatic heterocycles. The normalized spacial score (nSPS) is 12.0. The van der Waals surface area contributed by atoms with Gasteiger partial charge in [0, 0.05) is 12.3 Å². The van der Waals surface area contributed by atoms with E-state index in [0.29, 0.717) is 0 Å². The quantitative estimate of drug-likeness (QED) is 0.0587. The van der Waals surface area contributed by atoms with Gasteiger partial charge in [0.05, 0.1) is 0 Å². The first-order chi connectivity index (χ1) is 18.8. The van der Waals surface area contributed by atoms with Gasteiger partial charge in [-0.05, 0) is 32.1 Å². The summed E-state index contributed by atoms with van der Waals surface area (Å²) in [7, 11) is 0. The highest BCUT2D eigenvalue weighted by molar-refractivity contribution is 5.84. The zero-order valence-electron chi connectivity index (χ0n) is 27.3. The molecule has 0 aromatic carbocycles. The van der Waals surface area contributed by atoms with Gasteiger partial charge in [0.1, 0.15) is 0 Å². The van der Waals surface area contributed by atoms with E-state index in [4.69, 9.17) is 4.99 Å². The fraction of sp³-hybridized carbons (Fsp3) is 0.973. The third kappa shape index (κ3) is 31.9. The van der Waals surface area contributed by atoms with Crippen LogP contribution in [-0.4, -0.2) is 12.3 Å². The lowest BCUT2D eigenvalue weighted by Crippen LogP contribution is -2.01. The molecule has 1 nitrogen and oxygen atoms in total. The molecule has 0 aliphatic carbocycles. The molecule has 0 saturated carbocycles. The third-order valence-electron chi connectivity index (χ3n) is 8.48. The van der Waals surface area contributed by atoms with Crippen LogP contribution in [0.15, 0.2) is 4.99 Å². The summed E-state index contributed by atoms with van der Waals surface area (Å²) in [5, 5.41) is 0. The molecule has 0 spiro atoms. The fourth-order valence-corrected chi connectivity index (χ4v) is 5.75. The van der Waals surface area contributed by atoms with Crippen LogP contribution in [0.4, 0.5) is 0 Å². The lowest BCUT2D eigenvalue weighted by molar-refractivity contribution is 0.536. The zero-order valence-corrected chi connectivity index (χ0v) is 27.3. The molecule has 0 saturated heterocycles. The number of nitrogens with zero attached hydrogens (tertiary/aromatic N) is 1. The Kier molecular flexibility index (Phi) is 34.4. The SMILES string of the molecule is CCCCCCCCCCCCCCCCN=C(CCCCCCC)CCCCCCCCCCCCC. The van der Waals surface area contributed by atoms with Gasteiger partial charge < -0.3 is 0 Å². The van der Waals surface area contributed by atoms with Crippen molar-refractivity contribution in [2.75, 3.05) is 6.54 Å². The van der Waals surface area contributed by atoms with Crippen LogP contribution in [0.5, 0.6) is 0 Å². The smallest absolute Gasteiger partial charge is 0.0388 e. The number of rotatable bonds is 33. The molecule has 0 aliphatic rings. The molecule has 0 aliphatic heterocycles. The van der Waals surface area contributed by atoms with Crippen molar-refractivity contribution in [1.82, 2.24) is 0 Å². The van der Waals surface area contributed by atoms with Gasteiger partial charge in [-0.2, -0.15) is 0 Å². The molecule has 0 heterocycles. The minimum absolute atomic E-state index is 1.10. The highest BCUT2D eigenvalue weighted by atomic mass is 14.7. The molecule has 0 rings (SSSR count). The van der Waals surface area contributed by atoms with Crippen LogP contribution >= 0.6 is 0 Å². The second kappa shape index (κ2) is 34.7. The Morgan fingerprint density at radius 2 is 0.526 bits per heavy atom. The van der Waals surface area contributed by atoms with Gasteiger partial charge >= 0.3 is 0 Å². The van der Waals surface area contributed by atoms with Crippen molar-refractivity contribution in [3.63, 3.8) is 0 Å². The number of hydrogen-bond acceptors (Lipinski definition) is 1. The predicted octanol–water partition coefficient (Wildman–Crippen LogP) is 14.0. The lowest BCUT2D eigenvalue weighted by atomic mass is 10.0. The molecule has 0 bridgehead atoms. The Balaban J connectivity index is 3.78. The summed E-state index contributed by atoms with van der Waals surface area (Å²) in [6, 6.07) is 0. The standard InChI is InChI=1S/C37H75N/c1-4-7-10-13-15-17-19-20-21-23-25-27-30-33-36-38-37(34-31-28-12-9-6-3)35-32-29-26-24-22-18-16-14-11-8-5-2/h4-36H2,1-3H3. The first-order valence-electron chi connectivity index (χ1n) is 18.4. The van der Waals surface area contributed by atoms with Gasteiger partial charge in [-0.1, -0.05) is 194 Å². The minimum atomic E-state index is 1.10. The Morgan fingerprint density at radius 3 is 0.816 bits per heavy atom. The minimum Gasteiger partial charge on any atom is -0.294 e. The van der Waals surface area contributed by atoms with Crippen LogP contribution in [0, 0.1) is 0 Å². The second-order valence-corrected chi connectivity index (χ2v) is 12.5. The van der Waals surface area contributed by atoms with Crippen molar-refractivity contribution in [1.29, 1.82) is 0 Å². The van der Waals surface area contributed by atoms with Crippen LogP contribution in [0.1, 0.15) is 226 Å². The number of unbranched alkanes of at least 4 members (excludes halogenated alkanes) is 27. The van der Waals surface area contributed by atoms with Crippen molar-refractivity contribution < 1.29 is 0 Å². The van der Waals surface area contributed by atoms with E-state index in [1.165, 1.54) is 205 Å². The monoisotopic (exact) mass is 534 g/mol. The molecule has 0 aromatic rings. The summed E-state index contributed by atoms with van der Waals surface area (Å²) in [5.74, 6) is 0. The molecule has 38 heavy (non-hydrogen) atoms. The summed E-state index contributed by atoms with van der Waals surface area (Å²) >= 11 is 0. The lowest BCUT2D eigenvalue weighted by Gasteiger charge is -2.08. The van der Waals surface area contributed by atoms with Crippen LogP contribution < -0.4 is 0 Å². The highest BCUT2D eigenvalue weighted by Crippen LogP contribution is 2.16. The van der Waals surface area contributed by atoms with E-state index in [1.807, 2.05) is 0 Å². The van der Waals surface area contributed by atoms with Gasteiger partial charge in [0.2, 0.25) is 0 Å². The molecule has 0 unspecified atom stereocenters. The van der Waals surface area contributed by atoms with Crippen LogP contribution in [0.2, 0.25) is 0 Å². The van der Waals surface area contributed by atoms with Crippen LogP contribution in [-0.2, 0) is 0 Å². The van der Waals surface area contributed by atoms with E-state index in [9.17, 15) is 0 Å². The van der Waals surface area contributed by atoms with Crippen molar-refractivity contribution >= 4 is 5.71 Å². The van der Waals surface area contributed by atoms with Crippen molar-refractivity contribution in [3.05, 3.63) is 0 Å². The van der Waals surface area contributed by atoms with Crippen LogP contribution in [0.25, 0.3) is 0 Å². The molecule has 228 valence electrons. The molecular weight excluding hydrogens is 458 g/mol. The van der Waals surface area contributed by atoms with E-state index >= 15 is 0 Å². The Hall–Kier alpha value is -0.330. The Labute approximate surface area is 243 Å². The largest absolute Gasteiger partial charge is 0.294 e. The molecule has 0 radical (unpaired) electrons. The average Bonchev–Trinajstić information content (AvgIpc) is 2.93.